The molecule has 3 heteroatoms. The van der Waals surface area contributed by atoms with Gasteiger partial charge in [0.15, 0.2) is 5.78 Å². The van der Waals surface area contributed by atoms with Crippen molar-refractivity contribution in [3.8, 4) is 11.1 Å². The Morgan fingerprint density at radius 2 is 1.70 bits per heavy atom. The number of rotatable bonds is 3. The van der Waals surface area contributed by atoms with Gasteiger partial charge in [-0.15, -0.1) is 0 Å². The molecule has 0 saturated carbocycles. The van der Waals surface area contributed by atoms with Crippen molar-refractivity contribution in [1.82, 2.24) is 5.32 Å². The Morgan fingerprint density at radius 3 is 2.45 bits per heavy atom. The molecule has 0 saturated heterocycles. The summed E-state index contributed by atoms with van der Waals surface area (Å²) < 4.78 is 0. The molecule has 3 rings (SSSR count). The van der Waals surface area contributed by atoms with Crippen LogP contribution >= 0.6 is 0 Å². The molecule has 0 aliphatic heterocycles. The van der Waals surface area contributed by atoms with Gasteiger partial charge in [-0.05, 0) is 18.1 Å². The molecular weight excluding hydrogens is 250 g/mol. The molecule has 1 N–H and O–H groups in total. The van der Waals surface area contributed by atoms with E-state index < -0.39 is 0 Å². The van der Waals surface area contributed by atoms with Crippen LogP contribution in [0.3, 0.4) is 0 Å². The number of carbonyl (C=O) groups is 2. The minimum atomic E-state index is -0.117. The number of carbonyl (C=O) groups excluding carboxylic acids is 2. The molecule has 3 nitrogen and oxygen atoms in total. The minimum Gasteiger partial charge on any atom is -0.352 e. The summed E-state index contributed by atoms with van der Waals surface area (Å²) in [7, 11) is 0. The van der Waals surface area contributed by atoms with Gasteiger partial charge in [0.05, 0.1) is 0 Å². The van der Waals surface area contributed by atoms with Crippen molar-refractivity contribution < 1.29 is 9.59 Å². The molecule has 100 valence electrons. The van der Waals surface area contributed by atoms with Crippen LogP contribution in [0.15, 0.2) is 42.5 Å². The number of hydrogen-bond donors (Lipinski definition) is 1. The molecule has 1 amide bonds. The third-order valence-electron chi connectivity index (χ3n) is 3.53. The molecular formula is C17H15NO2. The third kappa shape index (κ3) is 1.83. The van der Waals surface area contributed by atoms with E-state index in [0.29, 0.717) is 23.2 Å². The van der Waals surface area contributed by atoms with Crippen molar-refractivity contribution in [2.24, 2.45) is 0 Å². The lowest BCUT2D eigenvalue weighted by Crippen LogP contribution is -2.24. The van der Waals surface area contributed by atoms with Crippen LogP contribution in [0.2, 0.25) is 0 Å². The molecule has 0 bridgehead atoms. The van der Waals surface area contributed by atoms with E-state index in [0.717, 1.165) is 17.5 Å². The Kier molecular flexibility index (Phi) is 3.11. The van der Waals surface area contributed by atoms with Gasteiger partial charge in [-0.3, -0.25) is 9.59 Å². The van der Waals surface area contributed by atoms with E-state index in [-0.39, 0.29) is 11.7 Å². The Bertz CT molecular complexity index is 704. The maximum atomic E-state index is 12.3. The molecule has 0 heterocycles. The predicted octanol–water partition coefficient (Wildman–Crippen LogP) is 3.04. The van der Waals surface area contributed by atoms with Crippen LogP contribution in [0.25, 0.3) is 11.1 Å². The highest BCUT2D eigenvalue weighted by molar-refractivity contribution is 6.24. The highest BCUT2D eigenvalue weighted by atomic mass is 16.1. The standard InChI is InChI=1S/C17H15NO2/c1-2-10-18-17(20)14-9-5-8-13-15(14)11-6-3-4-7-12(11)16(13)19/h3-9H,2,10H2,1H3,(H,18,20). The summed E-state index contributed by atoms with van der Waals surface area (Å²) in [6.07, 6.45) is 0.885. The van der Waals surface area contributed by atoms with Gasteiger partial charge in [0.1, 0.15) is 0 Å². The maximum Gasteiger partial charge on any atom is 0.251 e. The zero-order chi connectivity index (χ0) is 14.1. The van der Waals surface area contributed by atoms with Crippen molar-refractivity contribution in [1.29, 1.82) is 0 Å². The Morgan fingerprint density at radius 1 is 1.00 bits per heavy atom. The van der Waals surface area contributed by atoms with E-state index in [9.17, 15) is 9.59 Å². The molecule has 1 aliphatic rings. The van der Waals surface area contributed by atoms with Crippen LogP contribution in [0.5, 0.6) is 0 Å². The normalized spacial score (nSPS) is 11.9. The van der Waals surface area contributed by atoms with Crippen molar-refractivity contribution in [3.05, 3.63) is 59.2 Å². The second kappa shape index (κ2) is 4.93. The van der Waals surface area contributed by atoms with E-state index in [2.05, 4.69) is 5.32 Å². The smallest absolute Gasteiger partial charge is 0.251 e. The first-order valence-electron chi connectivity index (χ1n) is 6.79. The fourth-order valence-corrected chi connectivity index (χ4v) is 2.60. The van der Waals surface area contributed by atoms with Gasteiger partial charge in [-0.1, -0.05) is 43.3 Å². The second-order valence-electron chi connectivity index (χ2n) is 4.86. The quantitative estimate of drug-likeness (QED) is 0.791. The van der Waals surface area contributed by atoms with E-state index >= 15 is 0 Å². The first kappa shape index (κ1) is 12.6. The van der Waals surface area contributed by atoms with Crippen molar-refractivity contribution in [2.75, 3.05) is 6.54 Å². The number of amides is 1. The van der Waals surface area contributed by atoms with E-state index in [1.165, 1.54) is 0 Å². The van der Waals surface area contributed by atoms with Crippen molar-refractivity contribution in [3.63, 3.8) is 0 Å². The summed E-state index contributed by atoms with van der Waals surface area (Å²) in [5, 5.41) is 2.87. The molecule has 0 spiro atoms. The van der Waals surface area contributed by atoms with Crippen LogP contribution in [0, 0.1) is 0 Å². The SMILES string of the molecule is CCCNC(=O)c1cccc2c1-c1ccccc1C2=O. The molecule has 0 aromatic heterocycles. The molecule has 0 radical (unpaired) electrons. The molecule has 2 aromatic carbocycles. The maximum absolute atomic E-state index is 12.3. The first-order valence-corrected chi connectivity index (χ1v) is 6.79. The van der Waals surface area contributed by atoms with Gasteiger partial charge in [0, 0.05) is 28.8 Å². The van der Waals surface area contributed by atoms with Gasteiger partial charge >= 0.3 is 0 Å². The Balaban J connectivity index is 2.15. The number of ketones is 1. The first-order chi connectivity index (χ1) is 9.74. The molecule has 1 aliphatic carbocycles. The molecule has 0 unspecified atom stereocenters. The van der Waals surface area contributed by atoms with Crippen LogP contribution in [-0.4, -0.2) is 18.2 Å². The zero-order valence-electron chi connectivity index (χ0n) is 11.3. The average molecular weight is 265 g/mol. The lowest BCUT2D eigenvalue weighted by molar-refractivity contribution is 0.0954. The summed E-state index contributed by atoms with van der Waals surface area (Å²) in [4.78, 5) is 24.6. The van der Waals surface area contributed by atoms with Gasteiger partial charge in [-0.2, -0.15) is 0 Å². The number of nitrogens with one attached hydrogen (secondary N) is 1. The largest absolute Gasteiger partial charge is 0.352 e. The summed E-state index contributed by atoms with van der Waals surface area (Å²) in [5.41, 5.74) is 3.50. The molecule has 0 atom stereocenters. The van der Waals surface area contributed by atoms with Gasteiger partial charge in [-0.25, -0.2) is 0 Å². The second-order valence-corrected chi connectivity index (χ2v) is 4.86. The Labute approximate surface area is 117 Å². The molecule has 20 heavy (non-hydrogen) atoms. The lowest BCUT2D eigenvalue weighted by atomic mass is 9.99. The van der Waals surface area contributed by atoms with Crippen LogP contribution in [-0.2, 0) is 0 Å². The van der Waals surface area contributed by atoms with Gasteiger partial charge in [0.2, 0.25) is 0 Å². The molecule has 2 aromatic rings. The number of fused-ring (bicyclic) bond motifs is 3. The van der Waals surface area contributed by atoms with Crippen molar-refractivity contribution in [2.45, 2.75) is 13.3 Å². The fraction of sp³-hybridized carbons (Fsp3) is 0.176. The monoisotopic (exact) mass is 265 g/mol. The Hall–Kier alpha value is -2.42. The summed E-state index contributed by atoms with van der Waals surface area (Å²) in [6.45, 7) is 2.65. The lowest BCUT2D eigenvalue weighted by Gasteiger charge is -2.09. The summed E-state index contributed by atoms with van der Waals surface area (Å²) in [5.74, 6) is -0.117. The van der Waals surface area contributed by atoms with Crippen molar-refractivity contribution >= 4 is 11.7 Å². The summed E-state index contributed by atoms with van der Waals surface area (Å²) >= 11 is 0. The van der Waals surface area contributed by atoms with Gasteiger partial charge < -0.3 is 5.32 Å². The van der Waals surface area contributed by atoms with Crippen LogP contribution in [0.4, 0.5) is 0 Å². The number of hydrogen-bond acceptors (Lipinski definition) is 2. The topological polar surface area (TPSA) is 46.2 Å². The van der Waals surface area contributed by atoms with E-state index in [1.54, 1.807) is 18.2 Å². The predicted molar refractivity (Wildman–Crippen MR) is 77.9 cm³/mol. The zero-order valence-corrected chi connectivity index (χ0v) is 11.3. The molecule has 0 fully saturated rings. The van der Waals surface area contributed by atoms with E-state index in [4.69, 9.17) is 0 Å². The van der Waals surface area contributed by atoms with E-state index in [1.807, 2.05) is 31.2 Å². The minimum absolute atomic E-state index is 0.000687. The van der Waals surface area contributed by atoms with Gasteiger partial charge in [0.25, 0.3) is 5.91 Å². The summed E-state index contributed by atoms with van der Waals surface area (Å²) in [6, 6.07) is 12.8. The number of benzene rings is 2. The van der Waals surface area contributed by atoms with Crippen LogP contribution < -0.4 is 5.32 Å². The highest BCUT2D eigenvalue weighted by Gasteiger charge is 2.29. The fourth-order valence-electron chi connectivity index (χ4n) is 2.60. The van der Waals surface area contributed by atoms with Crippen LogP contribution in [0.1, 0.15) is 39.6 Å². The average Bonchev–Trinajstić information content (AvgIpc) is 2.79. The highest BCUT2D eigenvalue weighted by Crippen LogP contribution is 2.38. The third-order valence-corrected chi connectivity index (χ3v) is 3.53.